The van der Waals surface area contributed by atoms with E-state index < -0.39 is 65.7 Å². The number of benzene rings is 1. The topological polar surface area (TPSA) is 183 Å². The van der Waals surface area contributed by atoms with Crippen LogP contribution in [0.4, 0.5) is 4.79 Å². The summed E-state index contributed by atoms with van der Waals surface area (Å²) in [5.74, 6) is -3.94. The number of amides is 6. The molecule has 14 heteroatoms. The van der Waals surface area contributed by atoms with Gasteiger partial charge in [0.05, 0.1) is 19.2 Å². The molecule has 1 heterocycles. The van der Waals surface area contributed by atoms with Gasteiger partial charge in [-0.3, -0.25) is 28.8 Å². The predicted molar refractivity (Wildman–Crippen MR) is 201 cm³/mol. The van der Waals surface area contributed by atoms with E-state index in [1.807, 2.05) is 41.5 Å². The monoisotopic (exact) mass is 752 g/mol. The van der Waals surface area contributed by atoms with E-state index in [0.29, 0.717) is 18.5 Å². The van der Waals surface area contributed by atoms with Gasteiger partial charge in [0.15, 0.2) is 0 Å². The maximum absolute atomic E-state index is 14.5. The van der Waals surface area contributed by atoms with Crippen LogP contribution in [0.1, 0.15) is 98.1 Å². The number of rotatable bonds is 16. The van der Waals surface area contributed by atoms with Gasteiger partial charge in [0.25, 0.3) is 5.91 Å². The zero-order valence-electron chi connectivity index (χ0n) is 33.2. The first-order chi connectivity index (χ1) is 25.4. The number of ether oxygens (including phenoxy) is 1. The van der Waals surface area contributed by atoms with E-state index in [2.05, 4.69) is 21.3 Å². The Labute approximate surface area is 319 Å². The highest BCUT2D eigenvalue weighted by Gasteiger charge is 2.70. The standard InChI is InChI=1S/C40H60N6O8/c1-9-16-27(32(48)35(50)41-21-28(47)43-30(36(51)45(7)8)25-17-12-10-13-18-25)42-34(49)31-29-26(39(29,4)5)22-46(31)37(52)33(40(6)19-14-11-15-20-40)44-38(53)54-23-24(2)3/h10,12-13,17-18,24,26-27,29-31,33H,9,11,14-16,19-23H2,1-8H3,(H,41,50)(H,42,49)(H,43,47)(H,44,53)/t26-,27+,29?,30-,31-,33+/m0/s1. The number of hydrogen-bond acceptors (Lipinski definition) is 8. The van der Waals surface area contributed by atoms with E-state index >= 15 is 0 Å². The van der Waals surface area contributed by atoms with Gasteiger partial charge in [-0.25, -0.2) is 4.79 Å². The summed E-state index contributed by atoms with van der Waals surface area (Å²) < 4.78 is 5.42. The molecular formula is C40H60N6O8. The fraction of sp³-hybridized carbons (Fsp3) is 0.675. The lowest BCUT2D eigenvalue weighted by Crippen LogP contribution is -2.61. The van der Waals surface area contributed by atoms with Gasteiger partial charge >= 0.3 is 6.09 Å². The Bertz CT molecular complexity index is 1560. The van der Waals surface area contributed by atoms with Gasteiger partial charge < -0.3 is 35.8 Å². The zero-order chi connectivity index (χ0) is 40.0. The number of likely N-dealkylation sites (N-methyl/N-ethyl adjacent to an activating group) is 1. The minimum atomic E-state index is -1.20. The van der Waals surface area contributed by atoms with Crippen LogP contribution in [0.15, 0.2) is 30.3 Å². The molecule has 0 spiro atoms. The lowest BCUT2D eigenvalue weighted by atomic mass is 9.70. The number of carbonyl (C=O) groups is 7. The first kappa shape index (κ1) is 42.3. The number of carbonyl (C=O) groups excluding carboxylic acids is 7. The fourth-order valence-corrected chi connectivity index (χ4v) is 8.19. The zero-order valence-corrected chi connectivity index (χ0v) is 33.2. The van der Waals surface area contributed by atoms with Crippen LogP contribution in [0.25, 0.3) is 0 Å². The summed E-state index contributed by atoms with van der Waals surface area (Å²) in [6.45, 7) is 11.7. The third-order valence-electron chi connectivity index (χ3n) is 11.5. The average Bonchev–Trinajstić information content (AvgIpc) is 3.43. The van der Waals surface area contributed by atoms with E-state index in [9.17, 15) is 33.6 Å². The molecule has 0 aromatic heterocycles. The van der Waals surface area contributed by atoms with Gasteiger partial charge in [-0.15, -0.1) is 0 Å². The SMILES string of the molecule is CCC[C@@H](NC(=O)[C@@H]1C2[C@H](CN1C(=O)[C@@H](NC(=O)OCC(C)C)C1(C)CCCCC1)C2(C)C)C(=O)C(=O)NCC(=O)N[C@H](C(=O)N(C)C)c1ccccc1. The molecule has 4 N–H and O–H groups in total. The molecule has 1 aromatic carbocycles. The highest BCUT2D eigenvalue weighted by atomic mass is 16.5. The van der Waals surface area contributed by atoms with Crippen LogP contribution in [0, 0.1) is 28.6 Å². The molecule has 2 saturated carbocycles. The Morgan fingerprint density at radius 2 is 1.57 bits per heavy atom. The summed E-state index contributed by atoms with van der Waals surface area (Å²) in [4.78, 5) is 97.0. The molecule has 2 aliphatic carbocycles. The highest BCUT2D eigenvalue weighted by molar-refractivity contribution is 6.38. The van der Waals surface area contributed by atoms with Crippen molar-refractivity contribution in [3.63, 3.8) is 0 Å². The second-order valence-corrected chi connectivity index (χ2v) is 16.7. The Morgan fingerprint density at radius 1 is 0.926 bits per heavy atom. The van der Waals surface area contributed by atoms with Crippen molar-refractivity contribution >= 4 is 41.4 Å². The number of ketones is 1. The van der Waals surface area contributed by atoms with Crippen LogP contribution in [-0.4, -0.2) is 103 Å². The second kappa shape index (κ2) is 17.8. The quantitative estimate of drug-likeness (QED) is 0.186. The maximum Gasteiger partial charge on any atom is 0.407 e. The molecule has 6 atom stereocenters. The highest BCUT2D eigenvalue weighted by Crippen LogP contribution is 2.65. The molecule has 0 radical (unpaired) electrons. The molecule has 54 heavy (non-hydrogen) atoms. The minimum absolute atomic E-state index is 0.0473. The van der Waals surface area contributed by atoms with Gasteiger partial charge in [0.2, 0.25) is 29.4 Å². The van der Waals surface area contributed by atoms with E-state index in [1.54, 1.807) is 49.3 Å². The predicted octanol–water partition coefficient (Wildman–Crippen LogP) is 3.11. The molecule has 1 aromatic rings. The molecule has 0 bridgehead atoms. The lowest BCUT2D eigenvalue weighted by Gasteiger charge is -2.43. The second-order valence-electron chi connectivity index (χ2n) is 16.7. The van der Waals surface area contributed by atoms with Crippen molar-refractivity contribution in [1.29, 1.82) is 0 Å². The lowest BCUT2D eigenvalue weighted by molar-refractivity contribution is -0.146. The van der Waals surface area contributed by atoms with Crippen LogP contribution in [0.5, 0.6) is 0 Å². The number of nitrogens with zero attached hydrogens (tertiary/aromatic N) is 2. The summed E-state index contributed by atoms with van der Waals surface area (Å²) in [6, 6.07) is 4.64. The molecule has 4 rings (SSSR count). The number of piperidine rings is 1. The van der Waals surface area contributed by atoms with Crippen molar-refractivity contribution in [2.75, 3.05) is 33.8 Å². The van der Waals surface area contributed by atoms with E-state index in [-0.39, 0.29) is 48.0 Å². The maximum atomic E-state index is 14.5. The smallest absolute Gasteiger partial charge is 0.407 e. The van der Waals surface area contributed by atoms with Crippen molar-refractivity contribution in [3.8, 4) is 0 Å². The number of hydrogen-bond donors (Lipinski definition) is 4. The summed E-state index contributed by atoms with van der Waals surface area (Å²) in [5, 5.41) is 10.6. The van der Waals surface area contributed by atoms with Gasteiger partial charge in [-0.05, 0) is 53.4 Å². The van der Waals surface area contributed by atoms with E-state index in [4.69, 9.17) is 4.74 Å². The number of alkyl carbamates (subject to hydrolysis) is 1. The van der Waals surface area contributed by atoms with Crippen molar-refractivity contribution in [3.05, 3.63) is 35.9 Å². The number of likely N-dealkylation sites (tertiary alicyclic amines) is 1. The Kier molecular flexibility index (Phi) is 13.9. The van der Waals surface area contributed by atoms with Crippen molar-refractivity contribution in [2.24, 2.45) is 28.6 Å². The van der Waals surface area contributed by atoms with Gasteiger partial charge in [-0.1, -0.05) is 97.6 Å². The molecule has 14 nitrogen and oxygen atoms in total. The molecule has 1 unspecified atom stereocenters. The summed E-state index contributed by atoms with van der Waals surface area (Å²) in [5.41, 5.74) is -0.214. The summed E-state index contributed by atoms with van der Waals surface area (Å²) in [7, 11) is 3.13. The first-order valence-corrected chi connectivity index (χ1v) is 19.3. The first-order valence-electron chi connectivity index (χ1n) is 19.3. The molecule has 3 aliphatic rings. The molecular weight excluding hydrogens is 692 g/mol. The van der Waals surface area contributed by atoms with Gasteiger partial charge in [-0.2, -0.15) is 0 Å². The van der Waals surface area contributed by atoms with Crippen LogP contribution in [-0.2, 0) is 33.5 Å². The average molecular weight is 753 g/mol. The normalized spacial score (nSPS) is 22.5. The van der Waals surface area contributed by atoms with Crippen molar-refractivity contribution in [1.82, 2.24) is 31.1 Å². The number of nitrogens with one attached hydrogen (secondary N) is 4. The minimum Gasteiger partial charge on any atom is -0.449 e. The fourth-order valence-electron chi connectivity index (χ4n) is 8.19. The number of Topliss-reactive ketones (excluding diaryl/α,β-unsaturated/α-hetero) is 1. The Morgan fingerprint density at radius 3 is 2.17 bits per heavy atom. The van der Waals surface area contributed by atoms with Gasteiger partial charge in [0, 0.05) is 20.6 Å². The summed E-state index contributed by atoms with van der Waals surface area (Å²) in [6.07, 6.45) is 4.27. The van der Waals surface area contributed by atoms with Crippen LogP contribution >= 0.6 is 0 Å². The molecule has 1 saturated heterocycles. The molecule has 298 valence electrons. The van der Waals surface area contributed by atoms with Crippen LogP contribution < -0.4 is 21.3 Å². The van der Waals surface area contributed by atoms with Crippen LogP contribution in [0.2, 0.25) is 0 Å². The molecule has 6 amide bonds. The molecule has 1 aliphatic heterocycles. The third-order valence-corrected chi connectivity index (χ3v) is 11.5. The summed E-state index contributed by atoms with van der Waals surface area (Å²) >= 11 is 0. The van der Waals surface area contributed by atoms with Crippen molar-refractivity contribution < 1.29 is 38.3 Å². The Balaban J connectivity index is 1.47. The van der Waals surface area contributed by atoms with Gasteiger partial charge in [0.1, 0.15) is 18.1 Å². The van der Waals surface area contributed by atoms with E-state index in [0.717, 1.165) is 32.1 Å². The van der Waals surface area contributed by atoms with Crippen molar-refractivity contribution in [2.45, 2.75) is 111 Å². The van der Waals surface area contributed by atoms with E-state index in [1.165, 1.54) is 4.90 Å². The van der Waals surface area contributed by atoms with Crippen LogP contribution in [0.3, 0.4) is 0 Å². The largest absolute Gasteiger partial charge is 0.449 e. The Hall–Kier alpha value is -4.49. The number of fused-ring (bicyclic) bond motifs is 1. The third kappa shape index (κ3) is 9.78. The molecule has 3 fully saturated rings.